The van der Waals surface area contributed by atoms with E-state index in [0.717, 1.165) is 22.1 Å². The molecule has 31 heavy (non-hydrogen) atoms. The average Bonchev–Trinajstić information content (AvgIpc) is 3.25. The van der Waals surface area contributed by atoms with Gasteiger partial charge in [-0.15, -0.1) is 0 Å². The second kappa shape index (κ2) is 8.15. The van der Waals surface area contributed by atoms with Crippen LogP contribution in [0.1, 0.15) is 59.0 Å². The molecular formula is C25H29NO4S. The van der Waals surface area contributed by atoms with Gasteiger partial charge >= 0.3 is 0 Å². The van der Waals surface area contributed by atoms with Gasteiger partial charge in [-0.05, 0) is 49.4 Å². The largest absolute Gasteiger partial charge is 0.451 e. The summed E-state index contributed by atoms with van der Waals surface area (Å²) in [5, 5.41) is 0.920. The van der Waals surface area contributed by atoms with Gasteiger partial charge in [0.2, 0.25) is 0 Å². The van der Waals surface area contributed by atoms with Crippen LogP contribution in [-0.2, 0) is 16.4 Å². The van der Waals surface area contributed by atoms with Gasteiger partial charge in [-0.3, -0.25) is 4.79 Å². The van der Waals surface area contributed by atoms with Crippen molar-refractivity contribution in [2.75, 3.05) is 11.5 Å². The zero-order chi connectivity index (χ0) is 22.3. The van der Waals surface area contributed by atoms with Crippen LogP contribution in [-0.4, -0.2) is 36.8 Å². The quantitative estimate of drug-likeness (QED) is 0.561. The van der Waals surface area contributed by atoms with E-state index in [1.54, 1.807) is 4.90 Å². The number of furan rings is 1. The summed E-state index contributed by atoms with van der Waals surface area (Å²) in [6.45, 7) is 8.52. The van der Waals surface area contributed by atoms with Gasteiger partial charge in [-0.1, -0.05) is 49.7 Å². The number of carbonyl (C=O) groups is 1. The van der Waals surface area contributed by atoms with E-state index in [9.17, 15) is 13.2 Å². The van der Waals surface area contributed by atoms with Gasteiger partial charge in [0.05, 0.1) is 11.5 Å². The third-order valence-corrected chi connectivity index (χ3v) is 7.95. The van der Waals surface area contributed by atoms with E-state index < -0.39 is 9.84 Å². The van der Waals surface area contributed by atoms with Crippen molar-refractivity contribution in [1.82, 2.24) is 4.90 Å². The zero-order valence-electron chi connectivity index (χ0n) is 18.5. The van der Waals surface area contributed by atoms with Crippen LogP contribution in [0.2, 0.25) is 0 Å². The average molecular weight is 440 g/mol. The fraction of sp³-hybridized carbons (Fsp3) is 0.400. The molecule has 0 N–H and O–H groups in total. The van der Waals surface area contributed by atoms with Gasteiger partial charge in [0.25, 0.3) is 5.91 Å². The Morgan fingerprint density at radius 1 is 1.13 bits per heavy atom. The first-order valence-electron chi connectivity index (χ1n) is 10.7. The molecule has 0 radical (unpaired) electrons. The molecule has 0 aliphatic carbocycles. The smallest absolute Gasteiger partial charge is 0.290 e. The summed E-state index contributed by atoms with van der Waals surface area (Å²) in [4.78, 5) is 15.3. The highest BCUT2D eigenvalue weighted by molar-refractivity contribution is 7.91. The fourth-order valence-corrected chi connectivity index (χ4v) is 5.99. The molecule has 0 bridgehead atoms. The van der Waals surface area contributed by atoms with E-state index in [1.807, 2.05) is 44.2 Å². The second-order valence-electron chi connectivity index (χ2n) is 8.94. The molecule has 5 nitrogen and oxygen atoms in total. The Labute approximate surface area is 184 Å². The highest BCUT2D eigenvalue weighted by Crippen LogP contribution is 2.30. The van der Waals surface area contributed by atoms with Crippen LogP contribution in [0.4, 0.5) is 0 Å². The first-order chi connectivity index (χ1) is 14.6. The lowest BCUT2D eigenvalue weighted by atomic mass is 10.0. The predicted octanol–water partition coefficient (Wildman–Crippen LogP) is 5.00. The van der Waals surface area contributed by atoms with E-state index in [2.05, 4.69) is 26.0 Å². The van der Waals surface area contributed by atoms with Crippen molar-refractivity contribution < 1.29 is 17.6 Å². The highest BCUT2D eigenvalue weighted by Gasteiger charge is 2.36. The molecule has 1 saturated heterocycles. The fourth-order valence-electron chi connectivity index (χ4n) is 4.26. The number of hydrogen-bond acceptors (Lipinski definition) is 4. The Kier molecular flexibility index (Phi) is 5.69. The third-order valence-electron chi connectivity index (χ3n) is 6.20. The van der Waals surface area contributed by atoms with Gasteiger partial charge in [0, 0.05) is 23.5 Å². The van der Waals surface area contributed by atoms with Crippen LogP contribution in [0.3, 0.4) is 0 Å². The van der Waals surface area contributed by atoms with Crippen molar-refractivity contribution in [3.8, 4) is 0 Å². The van der Waals surface area contributed by atoms with Gasteiger partial charge < -0.3 is 9.32 Å². The van der Waals surface area contributed by atoms with Crippen LogP contribution >= 0.6 is 0 Å². The van der Waals surface area contributed by atoms with E-state index in [-0.39, 0.29) is 23.5 Å². The van der Waals surface area contributed by atoms with Gasteiger partial charge in [-0.2, -0.15) is 0 Å². The molecule has 1 fully saturated rings. The number of fused-ring (bicyclic) bond motifs is 1. The first kappa shape index (κ1) is 21.6. The maximum atomic E-state index is 13.6. The SMILES string of the molecule is Cc1ccc2oc(C(=O)N(Cc3ccc(C(C)C)cc3)[C@H]3CCS(=O)(=O)C3)c(C)c2c1. The van der Waals surface area contributed by atoms with Crippen LogP contribution in [0.5, 0.6) is 0 Å². The highest BCUT2D eigenvalue weighted by atomic mass is 32.2. The molecule has 2 aromatic carbocycles. The number of nitrogens with zero attached hydrogens (tertiary/aromatic N) is 1. The van der Waals surface area contributed by atoms with Crippen LogP contribution in [0.15, 0.2) is 46.9 Å². The molecule has 1 aliphatic heterocycles. The Balaban J connectivity index is 1.70. The summed E-state index contributed by atoms with van der Waals surface area (Å²) < 4.78 is 30.3. The molecule has 0 saturated carbocycles. The molecule has 0 unspecified atom stereocenters. The summed E-state index contributed by atoms with van der Waals surface area (Å²) in [5.74, 6) is 0.589. The number of amides is 1. The minimum absolute atomic E-state index is 0.00119. The van der Waals surface area contributed by atoms with Crippen molar-refractivity contribution in [1.29, 1.82) is 0 Å². The van der Waals surface area contributed by atoms with Crippen LogP contribution in [0, 0.1) is 13.8 Å². The number of carbonyl (C=O) groups excluding carboxylic acids is 1. The summed E-state index contributed by atoms with van der Waals surface area (Å²) >= 11 is 0. The molecule has 1 amide bonds. The third kappa shape index (κ3) is 4.40. The Morgan fingerprint density at radius 3 is 2.45 bits per heavy atom. The van der Waals surface area contributed by atoms with Crippen molar-refractivity contribution in [2.45, 2.75) is 52.6 Å². The van der Waals surface area contributed by atoms with E-state index in [1.165, 1.54) is 5.56 Å². The van der Waals surface area contributed by atoms with E-state index in [0.29, 0.717) is 30.2 Å². The molecule has 164 valence electrons. The van der Waals surface area contributed by atoms with Gasteiger partial charge in [0.15, 0.2) is 15.6 Å². The summed E-state index contributed by atoms with van der Waals surface area (Å²) in [6, 6.07) is 13.7. The minimum Gasteiger partial charge on any atom is -0.451 e. The molecule has 1 aliphatic rings. The van der Waals surface area contributed by atoms with Gasteiger partial charge in [0.1, 0.15) is 5.58 Å². The van der Waals surface area contributed by atoms with Crippen LogP contribution in [0.25, 0.3) is 11.0 Å². The molecule has 6 heteroatoms. The summed E-state index contributed by atoms with van der Waals surface area (Å²) in [6.07, 6.45) is 0.455. The van der Waals surface area contributed by atoms with E-state index in [4.69, 9.17) is 4.42 Å². The number of aryl methyl sites for hydroxylation is 2. The topological polar surface area (TPSA) is 67.6 Å². The molecule has 4 rings (SSSR count). The van der Waals surface area contributed by atoms with Crippen LogP contribution < -0.4 is 0 Å². The predicted molar refractivity (Wildman–Crippen MR) is 123 cm³/mol. The van der Waals surface area contributed by atoms with Crippen molar-refractivity contribution in [2.24, 2.45) is 0 Å². The summed E-state index contributed by atoms with van der Waals surface area (Å²) in [5.41, 5.74) is 4.77. The Hall–Kier alpha value is -2.60. The Morgan fingerprint density at radius 2 is 1.84 bits per heavy atom. The maximum Gasteiger partial charge on any atom is 0.290 e. The zero-order valence-corrected chi connectivity index (χ0v) is 19.3. The molecule has 0 spiro atoms. The van der Waals surface area contributed by atoms with Crippen molar-refractivity contribution >= 4 is 26.7 Å². The van der Waals surface area contributed by atoms with E-state index >= 15 is 0 Å². The first-order valence-corrected chi connectivity index (χ1v) is 12.6. The van der Waals surface area contributed by atoms with Gasteiger partial charge in [-0.25, -0.2) is 8.42 Å². The number of benzene rings is 2. The molecule has 1 atom stereocenters. The molecule has 1 aromatic heterocycles. The Bertz CT molecular complexity index is 1220. The lowest BCUT2D eigenvalue weighted by molar-refractivity contribution is 0.0649. The minimum atomic E-state index is -3.13. The lowest BCUT2D eigenvalue weighted by Crippen LogP contribution is -2.40. The second-order valence-corrected chi connectivity index (χ2v) is 11.2. The number of sulfone groups is 1. The number of rotatable bonds is 5. The monoisotopic (exact) mass is 439 g/mol. The molecular weight excluding hydrogens is 410 g/mol. The maximum absolute atomic E-state index is 13.6. The van der Waals surface area contributed by atoms with Crippen molar-refractivity contribution in [3.63, 3.8) is 0 Å². The van der Waals surface area contributed by atoms with Crippen molar-refractivity contribution in [3.05, 3.63) is 70.5 Å². The summed E-state index contributed by atoms with van der Waals surface area (Å²) in [7, 11) is -3.13. The molecule has 2 heterocycles. The normalized spacial score (nSPS) is 18.0. The molecule has 3 aromatic rings. The number of hydrogen-bond donors (Lipinski definition) is 0. The lowest BCUT2D eigenvalue weighted by Gasteiger charge is -2.28. The standard InChI is InChI=1S/C25H29NO4S/c1-16(2)20-8-6-19(7-9-20)14-26(21-11-12-31(28,29)15-21)25(27)24-18(4)22-13-17(3)5-10-23(22)30-24/h5-10,13,16,21H,11-12,14-15H2,1-4H3/t21-/m0/s1.